The lowest BCUT2D eigenvalue weighted by molar-refractivity contribution is -0.0701. The zero-order chi connectivity index (χ0) is 12.8. The molecular weight excluding hydrogens is 246 g/mol. The largest absolute Gasteiger partial charge is 0.375 e. The number of anilines is 1. The van der Waals surface area contributed by atoms with Gasteiger partial charge in [0.1, 0.15) is 0 Å². The van der Waals surface area contributed by atoms with Crippen molar-refractivity contribution in [3.63, 3.8) is 0 Å². The van der Waals surface area contributed by atoms with Gasteiger partial charge in [-0.3, -0.25) is 4.90 Å². The van der Waals surface area contributed by atoms with Crippen LogP contribution in [-0.4, -0.2) is 41.7 Å². The molecule has 18 heavy (non-hydrogen) atoms. The maximum absolute atomic E-state index is 5.79. The summed E-state index contributed by atoms with van der Waals surface area (Å²) in [6, 6.07) is 0. The van der Waals surface area contributed by atoms with Gasteiger partial charge in [0, 0.05) is 30.4 Å². The van der Waals surface area contributed by atoms with E-state index >= 15 is 0 Å². The molecule has 100 valence electrons. The Morgan fingerprint density at radius 1 is 1.44 bits per heavy atom. The summed E-state index contributed by atoms with van der Waals surface area (Å²) < 4.78 is 5.79. The van der Waals surface area contributed by atoms with E-state index in [1.165, 1.54) is 18.5 Å². The number of hydrogen-bond acceptors (Lipinski definition) is 5. The van der Waals surface area contributed by atoms with Crippen molar-refractivity contribution in [2.45, 2.75) is 44.3 Å². The molecule has 1 aliphatic carbocycles. The number of aromatic nitrogens is 1. The summed E-state index contributed by atoms with van der Waals surface area (Å²) in [5.41, 5.74) is 7.24. The highest BCUT2D eigenvalue weighted by Gasteiger charge is 2.47. The van der Waals surface area contributed by atoms with Crippen molar-refractivity contribution >= 4 is 16.5 Å². The molecule has 1 aromatic rings. The van der Waals surface area contributed by atoms with Crippen LogP contribution in [0.2, 0.25) is 0 Å². The van der Waals surface area contributed by atoms with E-state index in [0.717, 1.165) is 19.6 Å². The summed E-state index contributed by atoms with van der Waals surface area (Å²) in [5, 5.41) is 2.83. The fourth-order valence-corrected chi connectivity index (χ4v) is 3.70. The van der Waals surface area contributed by atoms with Gasteiger partial charge >= 0.3 is 0 Å². The van der Waals surface area contributed by atoms with Gasteiger partial charge in [0.2, 0.25) is 0 Å². The summed E-state index contributed by atoms with van der Waals surface area (Å²) in [7, 11) is 0. The molecule has 1 aromatic heterocycles. The van der Waals surface area contributed by atoms with Gasteiger partial charge in [0.25, 0.3) is 0 Å². The number of thiazole rings is 1. The minimum atomic E-state index is 0.283. The predicted octanol–water partition coefficient (Wildman–Crippen LogP) is 1.87. The van der Waals surface area contributed by atoms with E-state index in [-0.39, 0.29) is 5.41 Å². The quantitative estimate of drug-likeness (QED) is 0.908. The molecule has 2 fully saturated rings. The Bertz CT molecular complexity index is 420. The first-order valence-electron chi connectivity index (χ1n) is 6.67. The Morgan fingerprint density at radius 2 is 2.11 bits per heavy atom. The van der Waals surface area contributed by atoms with Crippen LogP contribution >= 0.6 is 11.3 Å². The maximum Gasteiger partial charge on any atom is 0.180 e. The summed E-state index contributed by atoms with van der Waals surface area (Å²) in [4.78, 5) is 7.02. The van der Waals surface area contributed by atoms with Crippen molar-refractivity contribution in [1.82, 2.24) is 9.88 Å². The lowest BCUT2D eigenvalue weighted by Crippen LogP contribution is -2.48. The van der Waals surface area contributed by atoms with Crippen LogP contribution in [0.3, 0.4) is 0 Å². The number of rotatable bonds is 3. The zero-order valence-electron chi connectivity index (χ0n) is 11.1. The molecule has 0 amide bonds. The van der Waals surface area contributed by atoms with E-state index in [9.17, 15) is 0 Å². The number of nitrogen functional groups attached to an aromatic ring is 1. The minimum Gasteiger partial charge on any atom is -0.375 e. The Morgan fingerprint density at radius 3 is 2.61 bits per heavy atom. The van der Waals surface area contributed by atoms with Crippen LogP contribution in [0.25, 0.3) is 0 Å². The molecule has 0 radical (unpaired) electrons. The molecule has 1 saturated carbocycles. The summed E-state index contributed by atoms with van der Waals surface area (Å²) >= 11 is 1.56. The lowest BCUT2D eigenvalue weighted by Gasteiger charge is -2.37. The van der Waals surface area contributed by atoms with Gasteiger partial charge < -0.3 is 10.5 Å². The smallest absolute Gasteiger partial charge is 0.180 e. The average molecular weight is 267 g/mol. The number of hydrogen-bond donors (Lipinski definition) is 1. The van der Waals surface area contributed by atoms with Gasteiger partial charge in [-0.1, -0.05) is 0 Å². The molecule has 2 heterocycles. The van der Waals surface area contributed by atoms with Crippen LogP contribution < -0.4 is 5.73 Å². The number of nitrogens with two attached hydrogens (primary N) is 1. The van der Waals surface area contributed by atoms with E-state index in [1.54, 1.807) is 11.3 Å². The van der Waals surface area contributed by atoms with Gasteiger partial charge in [-0.25, -0.2) is 4.98 Å². The van der Waals surface area contributed by atoms with Crippen LogP contribution in [0.4, 0.5) is 5.13 Å². The van der Waals surface area contributed by atoms with Gasteiger partial charge in [0.05, 0.1) is 17.9 Å². The van der Waals surface area contributed by atoms with Crippen LogP contribution in [0, 0.1) is 0 Å². The topological polar surface area (TPSA) is 51.4 Å². The third kappa shape index (κ3) is 2.39. The number of nitrogens with zero attached hydrogens (tertiary/aromatic N) is 2. The van der Waals surface area contributed by atoms with Crippen LogP contribution in [0.5, 0.6) is 0 Å². The first kappa shape index (κ1) is 12.4. The highest BCUT2D eigenvalue weighted by Crippen LogP contribution is 2.49. The van der Waals surface area contributed by atoms with Crippen molar-refractivity contribution in [3.8, 4) is 0 Å². The Hall–Kier alpha value is -0.650. The van der Waals surface area contributed by atoms with E-state index in [2.05, 4.69) is 29.1 Å². The predicted molar refractivity (Wildman–Crippen MR) is 73.9 cm³/mol. The normalized spacial score (nSPS) is 31.4. The van der Waals surface area contributed by atoms with E-state index < -0.39 is 0 Å². The van der Waals surface area contributed by atoms with Gasteiger partial charge in [0.15, 0.2) is 5.13 Å². The Kier molecular flexibility index (Phi) is 3.08. The van der Waals surface area contributed by atoms with Crippen LogP contribution in [-0.2, 0) is 10.2 Å². The van der Waals surface area contributed by atoms with Crippen LogP contribution in [0.1, 0.15) is 32.4 Å². The average Bonchev–Trinajstić information content (AvgIpc) is 2.91. The van der Waals surface area contributed by atoms with Crippen molar-refractivity contribution in [2.75, 3.05) is 25.4 Å². The Balaban J connectivity index is 1.69. The molecule has 1 saturated heterocycles. The monoisotopic (exact) mass is 267 g/mol. The van der Waals surface area contributed by atoms with Gasteiger partial charge in [-0.05, 0) is 26.7 Å². The van der Waals surface area contributed by atoms with E-state index in [0.29, 0.717) is 17.3 Å². The number of ether oxygens (including phenoxy) is 1. The molecular formula is C13H21N3OS. The van der Waals surface area contributed by atoms with Crippen molar-refractivity contribution in [2.24, 2.45) is 0 Å². The van der Waals surface area contributed by atoms with Crippen LogP contribution in [0.15, 0.2) is 5.38 Å². The fourth-order valence-electron chi connectivity index (χ4n) is 3.02. The van der Waals surface area contributed by atoms with Gasteiger partial charge in [-0.2, -0.15) is 0 Å². The molecule has 2 atom stereocenters. The summed E-state index contributed by atoms with van der Waals surface area (Å²) in [6.07, 6.45) is 3.17. The molecule has 3 rings (SSSR count). The second-order valence-corrected chi connectivity index (χ2v) is 6.69. The highest BCUT2D eigenvalue weighted by atomic mass is 32.1. The second kappa shape index (κ2) is 4.47. The standard InChI is InChI=1S/C13H21N3OS/c1-9-5-16(6-10(2)17-9)8-13(3-4-13)11-7-18-12(14)15-11/h7,9-10H,3-6,8H2,1-2H3,(H2,14,15)/t9-,10+. The number of morpholine rings is 1. The molecule has 5 heteroatoms. The SMILES string of the molecule is C[C@@H]1CN(CC2(c3csc(N)n3)CC2)C[C@H](C)O1. The first-order chi connectivity index (χ1) is 8.57. The third-order valence-electron chi connectivity index (χ3n) is 3.94. The molecule has 4 nitrogen and oxygen atoms in total. The summed E-state index contributed by atoms with van der Waals surface area (Å²) in [6.45, 7) is 7.48. The lowest BCUT2D eigenvalue weighted by atomic mass is 10.0. The molecule has 0 bridgehead atoms. The van der Waals surface area contributed by atoms with E-state index in [1.807, 2.05) is 0 Å². The zero-order valence-corrected chi connectivity index (χ0v) is 11.9. The molecule has 1 aliphatic heterocycles. The van der Waals surface area contributed by atoms with Crippen molar-refractivity contribution in [1.29, 1.82) is 0 Å². The molecule has 0 aromatic carbocycles. The molecule has 0 unspecified atom stereocenters. The van der Waals surface area contributed by atoms with Crippen molar-refractivity contribution in [3.05, 3.63) is 11.1 Å². The Labute approximate surface area is 112 Å². The van der Waals surface area contributed by atoms with Crippen molar-refractivity contribution < 1.29 is 4.74 Å². The van der Waals surface area contributed by atoms with Gasteiger partial charge in [-0.15, -0.1) is 11.3 Å². The third-order valence-corrected chi connectivity index (χ3v) is 4.61. The first-order valence-corrected chi connectivity index (χ1v) is 7.55. The highest BCUT2D eigenvalue weighted by molar-refractivity contribution is 7.13. The molecule has 2 aliphatic rings. The van der Waals surface area contributed by atoms with E-state index in [4.69, 9.17) is 10.5 Å². The summed E-state index contributed by atoms with van der Waals surface area (Å²) in [5.74, 6) is 0. The molecule has 2 N–H and O–H groups in total. The minimum absolute atomic E-state index is 0.283. The second-order valence-electron chi connectivity index (χ2n) is 5.80. The fraction of sp³-hybridized carbons (Fsp3) is 0.769. The molecule has 0 spiro atoms. The maximum atomic E-state index is 5.79.